The van der Waals surface area contributed by atoms with Crippen molar-refractivity contribution in [3.05, 3.63) is 96.1 Å². The average molecular weight is 468 g/mol. The molecule has 1 N–H and O–H groups in total. The maximum Gasteiger partial charge on any atom is 0.339 e. The Balaban J connectivity index is 1.73. The molecule has 3 aromatic rings. The highest BCUT2D eigenvalue weighted by molar-refractivity contribution is 7.87. The molecular formula is C25H25NO6S. The second-order valence-electron chi connectivity index (χ2n) is 7.41. The van der Waals surface area contributed by atoms with Crippen LogP contribution in [0, 0.1) is 0 Å². The fraction of sp³-hybridized carbons (Fsp3) is 0.200. The van der Waals surface area contributed by atoms with E-state index in [9.17, 15) is 18.0 Å². The van der Waals surface area contributed by atoms with Gasteiger partial charge in [0, 0.05) is 19.4 Å². The molecule has 33 heavy (non-hydrogen) atoms. The highest BCUT2D eigenvalue weighted by Gasteiger charge is 2.21. The van der Waals surface area contributed by atoms with Gasteiger partial charge in [0.25, 0.3) is 0 Å². The first kappa shape index (κ1) is 24.0. The Morgan fingerprint density at radius 2 is 1.58 bits per heavy atom. The molecule has 1 unspecified atom stereocenters. The van der Waals surface area contributed by atoms with Crippen LogP contribution in [-0.2, 0) is 31.1 Å². The summed E-state index contributed by atoms with van der Waals surface area (Å²) in [5.74, 6) is -0.990. The summed E-state index contributed by atoms with van der Waals surface area (Å²) in [6.45, 7) is 1.71. The fourth-order valence-electron chi connectivity index (χ4n) is 3.16. The standard InChI is InChI=1S/C25H25NO6S/c1-19(27)26-17-22(16-25(28)31-18-20-9-4-2-5-10-20)21-11-8-12-23(15-21)32-33(29,30)24-13-6-3-7-14-24/h2-15,22H,16-18H2,1H3,(H,26,27). The Kier molecular flexibility index (Phi) is 8.21. The van der Waals surface area contributed by atoms with Gasteiger partial charge < -0.3 is 14.2 Å². The number of rotatable bonds is 10. The van der Waals surface area contributed by atoms with Crippen molar-refractivity contribution < 1.29 is 26.9 Å². The molecule has 0 fully saturated rings. The van der Waals surface area contributed by atoms with Gasteiger partial charge in [-0.1, -0.05) is 60.7 Å². The summed E-state index contributed by atoms with van der Waals surface area (Å²) in [5.41, 5.74) is 1.51. The second-order valence-corrected chi connectivity index (χ2v) is 8.95. The van der Waals surface area contributed by atoms with E-state index in [-0.39, 0.29) is 36.1 Å². The van der Waals surface area contributed by atoms with E-state index in [0.29, 0.717) is 5.56 Å². The predicted molar refractivity (Wildman–Crippen MR) is 123 cm³/mol. The Morgan fingerprint density at radius 1 is 0.909 bits per heavy atom. The molecule has 3 rings (SSSR count). The molecule has 1 amide bonds. The summed E-state index contributed by atoms with van der Waals surface area (Å²) in [6, 6.07) is 23.6. The van der Waals surface area contributed by atoms with Gasteiger partial charge in [-0.3, -0.25) is 9.59 Å². The SMILES string of the molecule is CC(=O)NCC(CC(=O)OCc1ccccc1)c1cccc(OS(=O)(=O)c2ccccc2)c1. The van der Waals surface area contributed by atoms with Crippen LogP contribution in [0.3, 0.4) is 0 Å². The third-order valence-electron chi connectivity index (χ3n) is 4.82. The molecule has 8 heteroatoms. The molecule has 0 heterocycles. The molecule has 172 valence electrons. The molecule has 7 nitrogen and oxygen atoms in total. The van der Waals surface area contributed by atoms with Gasteiger partial charge in [0.15, 0.2) is 0 Å². The summed E-state index contributed by atoms with van der Waals surface area (Å²) >= 11 is 0. The van der Waals surface area contributed by atoms with Crippen molar-refractivity contribution in [2.75, 3.05) is 6.54 Å². The molecule has 0 aliphatic rings. The van der Waals surface area contributed by atoms with Crippen LogP contribution in [0.1, 0.15) is 30.4 Å². The quantitative estimate of drug-likeness (QED) is 0.360. The molecule has 1 atom stereocenters. The number of esters is 1. The molecule has 0 radical (unpaired) electrons. The first-order valence-corrected chi connectivity index (χ1v) is 11.8. The minimum atomic E-state index is -4.01. The first-order chi connectivity index (χ1) is 15.8. The Labute approximate surface area is 193 Å². The van der Waals surface area contributed by atoms with E-state index in [1.807, 2.05) is 30.3 Å². The van der Waals surface area contributed by atoms with Crippen LogP contribution in [0.2, 0.25) is 0 Å². The van der Waals surface area contributed by atoms with Crippen LogP contribution in [0.15, 0.2) is 89.8 Å². The highest BCUT2D eigenvalue weighted by atomic mass is 32.2. The van der Waals surface area contributed by atoms with Crippen molar-refractivity contribution in [2.45, 2.75) is 30.8 Å². The maximum atomic E-state index is 12.5. The number of carbonyl (C=O) groups excluding carboxylic acids is 2. The lowest BCUT2D eigenvalue weighted by Crippen LogP contribution is -2.27. The molecule has 3 aromatic carbocycles. The van der Waals surface area contributed by atoms with Gasteiger partial charge in [-0.15, -0.1) is 0 Å². The molecule has 0 aromatic heterocycles. The van der Waals surface area contributed by atoms with Crippen molar-refractivity contribution in [1.82, 2.24) is 5.32 Å². The third kappa shape index (κ3) is 7.47. The van der Waals surface area contributed by atoms with Crippen LogP contribution in [0.4, 0.5) is 0 Å². The topological polar surface area (TPSA) is 98.8 Å². The number of carbonyl (C=O) groups is 2. The third-order valence-corrected chi connectivity index (χ3v) is 6.08. The molecular weight excluding hydrogens is 442 g/mol. The van der Waals surface area contributed by atoms with Gasteiger partial charge in [0.2, 0.25) is 5.91 Å². The van der Waals surface area contributed by atoms with Gasteiger partial charge in [-0.05, 0) is 35.4 Å². The monoisotopic (exact) mass is 467 g/mol. The molecule has 0 spiro atoms. The van der Waals surface area contributed by atoms with Crippen LogP contribution < -0.4 is 9.50 Å². The van der Waals surface area contributed by atoms with Crippen LogP contribution in [0.25, 0.3) is 0 Å². The van der Waals surface area contributed by atoms with E-state index >= 15 is 0 Å². The van der Waals surface area contributed by atoms with E-state index in [0.717, 1.165) is 5.56 Å². The fourth-order valence-corrected chi connectivity index (χ4v) is 4.10. The van der Waals surface area contributed by atoms with Crippen molar-refractivity contribution in [2.24, 2.45) is 0 Å². The Hall–Kier alpha value is -3.65. The van der Waals surface area contributed by atoms with Crippen LogP contribution in [0.5, 0.6) is 5.75 Å². The molecule has 0 aliphatic carbocycles. The molecule has 0 saturated carbocycles. The van der Waals surface area contributed by atoms with Gasteiger partial charge in [-0.25, -0.2) is 0 Å². The van der Waals surface area contributed by atoms with Gasteiger partial charge in [0.05, 0.1) is 6.42 Å². The summed E-state index contributed by atoms with van der Waals surface area (Å²) in [6.07, 6.45) is 0.00199. The summed E-state index contributed by atoms with van der Waals surface area (Å²) in [7, 11) is -4.01. The molecule has 0 aliphatic heterocycles. The minimum Gasteiger partial charge on any atom is -0.461 e. The van der Waals surface area contributed by atoms with Gasteiger partial charge in [0.1, 0.15) is 17.3 Å². The second kappa shape index (κ2) is 11.3. The minimum absolute atomic E-state index is 0.00199. The van der Waals surface area contributed by atoms with E-state index in [1.165, 1.54) is 25.1 Å². The summed E-state index contributed by atoms with van der Waals surface area (Å²) in [5, 5.41) is 2.71. The first-order valence-electron chi connectivity index (χ1n) is 10.4. The lowest BCUT2D eigenvalue weighted by molar-refractivity contribution is -0.145. The molecule has 0 saturated heterocycles. The zero-order chi connectivity index (χ0) is 23.7. The van der Waals surface area contributed by atoms with E-state index in [2.05, 4.69) is 5.32 Å². The van der Waals surface area contributed by atoms with E-state index in [4.69, 9.17) is 8.92 Å². The van der Waals surface area contributed by atoms with E-state index < -0.39 is 22.0 Å². The van der Waals surface area contributed by atoms with Crippen molar-refractivity contribution >= 4 is 22.0 Å². The van der Waals surface area contributed by atoms with Crippen molar-refractivity contribution in [3.63, 3.8) is 0 Å². The van der Waals surface area contributed by atoms with Gasteiger partial charge in [-0.2, -0.15) is 8.42 Å². The zero-order valence-corrected chi connectivity index (χ0v) is 19.0. The Bertz CT molecular complexity index is 1180. The lowest BCUT2D eigenvalue weighted by atomic mass is 9.95. The Morgan fingerprint density at radius 3 is 2.24 bits per heavy atom. The number of amides is 1. The highest BCUT2D eigenvalue weighted by Crippen LogP contribution is 2.26. The van der Waals surface area contributed by atoms with Crippen molar-refractivity contribution in [1.29, 1.82) is 0 Å². The smallest absolute Gasteiger partial charge is 0.339 e. The number of hydrogen-bond donors (Lipinski definition) is 1. The number of nitrogens with one attached hydrogen (secondary N) is 1. The normalized spacial score (nSPS) is 11.9. The summed E-state index contributed by atoms with van der Waals surface area (Å²) < 4.78 is 35.7. The number of ether oxygens (including phenoxy) is 1. The van der Waals surface area contributed by atoms with Gasteiger partial charge >= 0.3 is 16.1 Å². The zero-order valence-electron chi connectivity index (χ0n) is 18.1. The van der Waals surface area contributed by atoms with Crippen LogP contribution >= 0.6 is 0 Å². The predicted octanol–water partition coefficient (Wildman–Crippen LogP) is 3.81. The largest absolute Gasteiger partial charge is 0.461 e. The number of benzene rings is 3. The average Bonchev–Trinajstić information content (AvgIpc) is 2.81. The van der Waals surface area contributed by atoms with Crippen LogP contribution in [-0.4, -0.2) is 26.8 Å². The maximum absolute atomic E-state index is 12.5. The lowest BCUT2D eigenvalue weighted by Gasteiger charge is -2.18. The number of hydrogen-bond acceptors (Lipinski definition) is 6. The molecule has 0 bridgehead atoms. The van der Waals surface area contributed by atoms with Crippen molar-refractivity contribution in [3.8, 4) is 5.75 Å². The summed E-state index contributed by atoms with van der Waals surface area (Å²) in [4.78, 5) is 24.0. The van der Waals surface area contributed by atoms with E-state index in [1.54, 1.807) is 36.4 Å².